The third-order valence-corrected chi connectivity index (χ3v) is 2.62. The average molecular weight is 285 g/mol. The molecule has 0 bridgehead atoms. The Bertz CT molecular complexity index is 396. The fourth-order valence-corrected chi connectivity index (χ4v) is 1.77. The van der Waals surface area contributed by atoms with Crippen LogP contribution < -0.4 is 0 Å². The van der Waals surface area contributed by atoms with Crippen LogP contribution in [0.1, 0.15) is 40.5 Å². The Morgan fingerprint density at radius 1 is 1.15 bits per heavy atom. The third kappa shape index (κ3) is 6.92. The highest BCUT2D eigenvalue weighted by Crippen LogP contribution is 2.14. The number of carbonyl (C=O) groups is 3. The first-order chi connectivity index (χ1) is 9.15. The molecule has 20 heavy (non-hydrogen) atoms. The van der Waals surface area contributed by atoms with Crippen LogP contribution in [0.25, 0.3) is 0 Å². The molecule has 0 rings (SSSR count). The standard InChI is InChI=1S/C14H23NO5/c1-9(2)7-11(14(19)20)15(6-5-13(17)18)12(16)8-10(3)4/h8-9,11H,5-7H2,1-4H3,(H,17,18)(H,19,20). The predicted octanol–water partition coefficient (Wildman–Crippen LogP) is 1.76. The zero-order valence-corrected chi connectivity index (χ0v) is 12.4. The summed E-state index contributed by atoms with van der Waals surface area (Å²) in [6, 6.07) is -1.00. The van der Waals surface area contributed by atoms with E-state index in [1.165, 1.54) is 6.08 Å². The van der Waals surface area contributed by atoms with E-state index in [1.54, 1.807) is 13.8 Å². The van der Waals surface area contributed by atoms with Gasteiger partial charge in [0.1, 0.15) is 6.04 Å². The maximum Gasteiger partial charge on any atom is 0.326 e. The molecule has 0 aromatic heterocycles. The largest absolute Gasteiger partial charge is 0.481 e. The Morgan fingerprint density at radius 3 is 2.05 bits per heavy atom. The predicted molar refractivity (Wildman–Crippen MR) is 74.3 cm³/mol. The summed E-state index contributed by atoms with van der Waals surface area (Å²) < 4.78 is 0. The number of carbonyl (C=O) groups excluding carboxylic acids is 1. The van der Waals surface area contributed by atoms with Crippen molar-refractivity contribution in [3.63, 3.8) is 0 Å². The summed E-state index contributed by atoms with van der Waals surface area (Å²) in [7, 11) is 0. The van der Waals surface area contributed by atoms with Gasteiger partial charge in [0.05, 0.1) is 6.42 Å². The molecule has 0 aromatic carbocycles. The van der Waals surface area contributed by atoms with Crippen LogP contribution in [0.4, 0.5) is 0 Å². The van der Waals surface area contributed by atoms with Crippen molar-refractivity contribution in [1.29, 1.82) is 0 Å². The molecule has 1 atom stereocenters. The summed E-state index contributed by atoms with van der Waals surface area (Å²) in [5, 5.41) is 18.0. The van der Waals surface area contributed by atoms with Gasteiger partial charge < -0.3 is 15.1 Å². The van der Waals surface area contributed by atoms with Crippen molar-refractivity contribution in [3.8, 4) is 0 Å². The quantitative estimate of drug-likeness (QED) is 0.662. The van der Waals surface area contributed by atoms with Crippen molar-refractivity contribution < 1.29 is 24.6 Å². The molecule has 0 aliphatic heterocycles. The lowest BCUT2D eigenvalue weighted by Gasteiger charge is -2.29. The first-order valence-electron chi connectivity index (χ1n) is 6.55. The van der Waals surface area contributed by atoms with Crippen molar-refractivity contribution >= 4 is 17.8 Å². The highest BCUT2D eigenvalue weighted by molar-refractivity contribution is 5.91. The summed E-state index contributed by atoms with van der Waals surface area (Å²) in [5.41, 5.74) is 0.740. The number of carboxylic acids is 2. The Balaban J connectivity index is 5.22. The van der Waals surface area contributed by atoms with Gasteiger partial charge in [-0.25, -0.2) is 4.79 Å². The van der Waals surface area contributed by atoms with Crippen LogP contribution in [0.5, 0.6) is 0 Å². The van der Waals surface area contributed by atoms with Crippen molar-refractivity contribution in [2.24, 2.45) is 5.92 Å². The van der Waals surface area contributed by atoms with E-state index in [2.05, 4.69) is 0 Å². The van der Waals surface area contributed by atoms with Crippen LogP contribution in [0.15, 0.2) is 11.6 Å². The zero-order chi connectivity index (χ0) is 15.9. The molecule has 2 N–H and O–H groups in total. The van der Waals surface area contributed by atoms with E-state index in [4.69, 9.17) is 5.11 Å². The van der Waals surface area contributed by atoms with Crippen molar-refractivity contribution in [2.75, 3.05) is 6.54 Å². The van der Waals surface area contributed by atoms with Crippen LogP contribution in [0.2, 0.25) is 0 Å². The summed E-state index contributed by atoms with van der Waals surface area (Å²) in [6.45, 7) is 7.06. The minimum atomic E-state index is -1.11. The van der Waals surface area contributed by atoms with Crippen LogP contribution in [0, 0.1) is 5.92 Å². The SMILES string of the molecule is CC(C)=CC(=O)N(CCC(=O)O)C(CC(C)C)C(=O)O. The minimum absolute atomic E-state index is 0.0860. The molecule has 0 aliphatic rings. The molecule has 0 heterocycles. The van der Waals surface area contributed by atoms with Gasteiger partial charge in [0.15, 0.2) is 0 Å². The Labute approximate surface area is 119 Å². The van der Waals surface area contributed by atoms with Gasteiger partial charge in [-0.2, -0.15) is 0 Å². The number of hydrogen-bond donors (Lipinski definition) is 2. The summed E-state index contributed by atoms with van der Waals surface area (Å²) >= 11 is 0. The average Bonchev–Trinajstić information content (AvgIpc) is 2.25. The second-order valence-corrected chi connectivity index (χ2v) is 5.38. The molecule has 0 aliphatic carbocycles. The lowest BCUT2D eigenvalue weighted by Crippen LogP contribution is -2.46. The molecule has 114 valence electrons. The number of amides is 1. The second-order valence-electron chi connectivity index (χ2n) is 5.38. The van der Waals surface area contributed by atoms with Gasteiger partial charge in [0.25, 0.3) is 0 Å². The fourth-order valence-electron chi connectivity index (χ4n) is 1.77. The first kappa shape index (κ1) is 18.1. The Kier molecular flexibility index (Phi) is 7.57. The van der Waals surface area contributed by atoms with Gasteiger partial charge in [-0.1, -0.05) is 19.4 Å². The van der Waals surface area contributed by atoms with Crippen LogP contribution in [-0.4, -0.2) is 45.5 Å². The monoisotopic (exact) mass is 285 g/mol. The number of rotatable bonds is 8. The van der Waals surface area contributed by atoms with Gasteiger partial charge in [-0.15, -0.1) is 0 Å². The molecule has 0 radical (unpaired) electrons. The van der Waals surface area contributed by atoms with E-state index in [0.29, 0.717) is 0 Å². The zero-order valence-electron chi connectivity index (χ0n) is 12.4. The smallest absolute Gasteiger partial charge is 0.326 e. The van der Waals surface area contributed by atoms with E-state index in [9.17, 15) is 19.5 Å². The first-order valence-corrected chi connectivity index (χ1v) is 6.55. The highest BCUT2D eigenvalue weighted by Gasteiger charge is 2.29. The molecule has 6 nitrogen and oxygen atoms in total. The summed E-state index contributed by atoms with van der Waals surface area (Å²) in [5.74, 6) is -2.55. The van der Waals surface area contributed by atoms with Gasteiger partial charge >= 0.3 is 11.9 Å². The maximum atomic E-state index is 12.1. The third-order valence-electron chi connectivity index (χ3n) is 2.62. The lowest BCUT2D eigenvalue weighted by atomic mass is 10.0. The fraction of sp³-hybridized carbons (Fsp3) is 0.643. The summed E-state index contributed by atoms with van der Waals surface area (Å²) in [6.07, 6.45) is 1.35. The molecule has 0 saturated carbocycles. The van der Waals surface area contributed by atoms with Crippen LogP contribution in [-0.2, 0) is 14.4 Å². The second kappa shape index (κ2) is 8.35. The van der Waals surface area contributed by atoms with E-state index in [-0.39, 0.29) is 25.3 Å². The number of carboxylic acid groups (broad SMARTS) is 2. The molecular weight excluding hydrogens is 262 g/mol. The van der Waals surface area contributed by atoms with E-state index >= 15 is 0 Å². The van der Waals surface area contributed by atoms with E-state index in [1.807, 2.05) is 13.8 Å². The van der Waals surface area contributed by atoms with Crippen molar-refractivity contribution in [2.45, 2.75) is 46.6 Å². The normalized spacial score (nSPS) is 11.8. The molecule has 0 aromatic rings. The number of nitrogens with zero attached hydrogens (tertiary/aromatic N) is 1. The number of allylic oxidation sites excluding steroid dienone is 1. The van der Waals surface area contributed by atoms with Gasteiger partial charge in [-0.05, 0) is 26.2 Å². The minimum Gasteiger partial charge on any atom is -0.481 e. The van der Waals surface area contributed by atoms with Gasteiger partial charge in [0.2, 0.25) is 5.91 Å². The number of hydrogen-bond acceptors (Lipinski definition) is 3. The van der Waals surface area contributed by atoms with Crippen LogP contribution >= 0.6 is 0 Å². The highest BCUT2D eigenvalue weighted by atomic mass is 16.4. The topological polar surface area (TPSA) is 94.9 Å². The molecule has 0 spiro atoms. The Morgan fingerprint density at radius 2 is 1.70 bits per heavy atom. The van der Waals surface area contributed by atoms with Crippen LogP contribution in [0.3, 0.4) is 0 Å². The maximum absolute atomic E-state index is 12.1. The molecule has 0 fully saturated rings. The number of aliphatic carboxylic acids is 2. The lowest BCUT2D eigenvalue weighted by molar-refractivity contribution is -0.150. The van der Waals surface area contributed by atoms with Crippen molar-refractivity contribution in [1.82, 2.24) is 4.90 Å². The van der Waals surface area contributed by atoms with Gasteiger partial charge in [0, 0.05) is 12.6 Å². The molecule has 0 saturated heterocycles. The molecule has 1 unspecified atom stereocenters. The van der Waals surface area contributed by atoms with E-state index in [0.717, 1.165) is 10.5 Å². The van der Waals surface area contributed by atoms with Gasteiger partial charge in [-0.3, -0.25) is 9.59 Å². The molecule has 6 heteroatoms. The summed E-state index contributed by atoms with van der Waals surface area (Å²) in [4.78, 5) is 35.2. The van der Waals surface area contributed by atoms with Crippen molar-refractivity contribution in [3.05, 3.63) is 11.6 Å². The molecule has 1 amide bonds. The molecular formula is C14H23NO5. The van der Waals surface area contributed by atoms with E-state index < -0.39 is 23.9 Å². The Hall–Kier alpha value is -1.85.